The minimum Gasteiger partial charge on any atom is -0.481 e. The van der Waals surface area contributed by atoms with Crippen molar-refractivity contribution in [2.75, 3.05) is 0 Å². The summed E-state index contributed by atoms with van der Waals surface area (Å²) in [6.45, 7) is 3.29. The van der Waals surface area contributed by atoms with Crippen molar-refractivity contribution in [3.8, 4) is 5.75 Å². The van der Waals surface area contributed by atoms with E-state index in [1.165, 1.54) is 0 Å². The van der Waals surface area contributed by atoms with Gasteiger partial charge >= 0.3 is 0 Å². The number of nitrogens with one attached hydrogen (secondary N) is 1. The highest BCUT2D eigenvalue weighted by Gasteiger charge is 2.18. The lowest BCUT2D eigenvalue weighted by atomic mass is 10.1. The van der Waals surface area contributed by atoms with E-state index in [0.29, 0.717) is 29.0 Å². The van der Waals surface area contributed by atoms with E-state index < -0.39 is 0 Å². The van der Waals surface area contributed by atoms with Crippen molar-refractivity contribution >= 4 is 34.7 Å². The van der Waals surface area contributed by atoms with Gasteiger partial charge in [0.05, 0.1) is 10.0 Å². The highest BCUT2D eigenvalue weighted by molar-refractivity contribution is 6.42. The molecular formula is C17H17Cl2N3O. The molecule has 120 valence electrons. The van der Waals surface area contributed by atoms with Crippen LogP contribution in [0, 0.1) is 0 Å². The summed E-state index contributed by atoms with van der Waals surface area (Å²) in [5.41, 5.74) is 8.79. The Hall–Kier alpha value is -1.75. The molecule has 0 saturated carbocycles. The molecule has 2 aromatic carbocycles. The SMILES string of the molecule is CC1Oc2ccc(CNCc3ccc(Cl)c(Cl)c3)cc2N=C1N. The highest BCUT2D eigenvalue weighted by atomic mass is 35.5. The zero-order valence-electron chi connectivity index (χ0n) is 12.6. The fourth-order valence-corrected chi connectivity index (χ4v) is 2.66. The number of halogens is 2. The van der Waals surface area contributed by atoms with Crippen LogP contribution < -0.4 is 15.8 Å². The fourth-order valence-electron chi connectivity index (χ4n) is 2.34. The number of hydrogen-bond donors (Lipinski definition) is 2. The van der Waals surface area contributed by atoms with Gasteiger partial charge in [-0.05, 0) is 42.3 Å². The van der Waals surface area contributed by atoms with Crippen molar-refractivity contribution in [1.82, 2.24) is 5.32 Å². The predicted octanol–water partition coefficient (Wildman–Crippen LogP) is 4.05. The second kappa shape index (κ2) is 6.79. The van der Waals surface area contributed by atoms with Gasteiger partial charge in [0.2, 0.25) is 0 Å². The molecule has 0 bridgehead atoms. The summed E-state index contributed by atoms with van der Waals surface area (Å²) >= 11 is 11.9. The Labute approximate surface area is 145 Å². The van der Waals surface area contributed by atoms with Crippen LogP contribution in [-0.2, 0) is 13.1 Å². The zero-order valence-corrected chi connectivity index (χ0v) is 14.2. The minimum atomic E-state index is -0.180. The predicted molar refractivity (Wildman–Crippen MR) is 94.8 cm³/mol. The van der Waals surface area contributed by atoms with Gasteiger partial charge in [0.25, 0.3) is 0 Å². The molecule has 1 atom stereocenters. The maximum absolute atomic E-state index is 6.01. The van der Waals surface area contributed by atoms with Crippen LogP contribution in [0.4, 0.5) is 5.69 Å². The molecule has 1 aliphatic rings. The number of ether oxygens (including phenoxy) is 1. The van der Waals surface area contributed by atoms with Crippen molar-refractivity contribution < 1.29 is 4.74 Å². The number of amidine groups is 1. The van der Waals surface area contributed by atoms with E-state index in [0.717, 1.165) is 22.6 Å². The van der Waals surface area contributed by atoms with Crippen LogP contribution in [-0.4, -0.2) is 11.9 Å². The van der Waals surface area contributed by atoms with Gasteiger partial charge in [0.1, 0.15) is 17.3 Å². The molecule has 0 fully saturated rings. The Kier molecular flexibility index (Phi) is 4.76. The summed E-state index contributed by atoms with van der Waals surface area (Å²) in [4.78, 5) is 4.38. The molecule has 0 saturated heterocycles. The summed E-state index contributed by atoms with van der Waals surface area (Å²) < 4.78 is 5.69. The molecule has 0 spiro atoms. The van der Waals surface area contributed by atoms with Crippen LogP contribution >= 0.6 is 23.2 Å². The molecule has 0 radical (unpaired) electrons. The van der Waals surface area contributed by atoms with Gasteiger partial charge in [-0.1, -0.05) is 35.3 Å². The number of fused-ring (bicyclic) bond motifs is 1. The molecule has 0 aliphatic carbocycles. The second-order valence-corrected chi connectivity index (χ2v) is 6.27. The van der Waals surface area contributed by atoms with E-state index in [1.807, 2.05) is 37.3 Å². The van der Waals surface area contributed by atoms with E-state index in [2.05, 4.69) is 10.3 Å². The summed E-state index contributed by atoms with van der Waals surface area (Å²) in [5, 5.41) is 4.50. The highest BCUT2D eigenvalue weighted by Crippen LogP contribution is 2.32. The molecule has 3 rings (SSSR count). The molecule has 1 heterocycles. The molecule has 1 unspecified atom stereocenters. The lowest BCUT2D eigenvalue weighted by Crippen LogP contribution is -2.33. The van der Waals surface area contributed by atoms with Gasteiger partial charge in [-0.3, -0.25) is 0 Å². The van der Waals surface area contributed by atoms with Crippen LogP contribution in [0.3, 0.4) is 0 Å². The second-order valence-electron chi connectivity index (χ2n) is 5.45. The molecule has 23 heavy (non-hydrogen) atoms. The van der Waals surface area contributed by atoms with Gasteiger partial charge < -0.3 is 15.8 Å². The van der Waals surface area contributed by atoms with Gasteiger partial charge in [0.15, 0.2) is 6.10 Å². The zero-order chi connectivity index (χ0) is 16.4. The van der Waals surface area contributed by atoms with Crippen LogP contribution in [0.1, 0.15) is 18.1 Å². The van der Waals surface area contributed by atoms with E-state index in [1.54, 1.807) is 6.07 Å². The summed E-state index contributed by atoms with van der Waals surface area (Å²) in [6.07, 6.45) is -0.180. The lowest BCUT2D eigenvalue weighted by molar-refractivity contribution is 0.281. The van der Waals surface area contributed by atoms with E-state index in [4.69, 9.17) is 33.7 Å². The Morgan fingerprint density at radius 1 is 1.09 bits per heavy atom. The first-order valence-electron chi connectivity index (χ1n) is 7.31. The number of aliphatic imine (C=N–C) groups is 1. The third-order valence-corrected chi connectivity index (χ3v) is 4.37. The van der Waals surface area contributed by atoms with Crippen molar-refractivity contribution in [1.29, 1.82) is 0 Å². The first kappa shape index (κ1) is 16.1. The normalized spacial score (nSPS) is 16.5. The molecule has 6 heteroatoms. The van der Waals surface area contributed by atoms with Crippen LogP contribution in [0.2, 0.25) is 10.0 Å². The maximum atomic E-state index is 6.01. The number of benzene rings is 2. The van der Waals surface area contributed by atoms with E-state index >= 15 is 0 Å². The molecule has 2 aromatic rings. The van der Waals surface area contributed by atoms with Gasteiger partial charge in [0, 0.05) is 13.1 Å². The average Bonchev–Trinajstić information content (AvgIpc) is 2.52. The summed E-state index contributed by atoms with van der Waals surface area (Å²) in [6, 6.07) is 11.5. The average molecular weight is 350 g/mol. The van der Waals surface area contributed by atoms with Gasteiger partial charge in [-0.25, -0.2) is 4.99 Å². The maximum Gasteiger partial charge on any atom is 0.153 e. The number of nitrogens with two attached hydrogens (primary N) is 1. The number of hydrogen-bond acceptors (Lipinski definition) is 4. The first-order chi connectivity index (χ1) is 11.0. The van der Waals surface area contributed by atoms with Crippen molar-refractivity contribution in [2.45, 2.75) is 26.1 Å². The third kappa shape index (κ3) is 3.78. The number of nitrogens with zero attached hydrogens (tertiary/aromatic N) is 1. The van der Waals surface area contributed by atoms with Gasteiger partial charge in [-0.2, -0.15) is 0 Å². The molecule has 0 amide bonds. The smallest absolute Gasteiger partial charge is 0.153 e. The summed E-state index contributed by atoms with van der Waals surface area (Å²) in [7, 11) is 0. The Morgan fingerprint density at radius 3 is 2.52 bits per heavy atom. The molecule has 1 aliphatic heterocycles. The van der Waals surface area contributed by atoms with Gasteiger partial charge in [-0.15, -0.1) is 0 Å². The quantitative estimate of drug-likeness (QED) is 0.875. The van der Waals surface area contributed by atoms with E-state index in [9.17, 15) is 0 Å². The van der Waals surface area contributed by atoms with Crippen molar-refractivity contribution in [2.24, 2.45) is 10.7 Å². The van der Waals surface area contributed by atoms with E-state index in [-0.39, 0.29) is 6.10 Å². The van der Waals surface area contributed by atoms with Crippen molar-refractivity contribution in [3.63, 3.8) is 0 Å². The Bertz CT molecular complexity index is 761. The molecule has 0 aromatic heterocycles. The van der Waals surface area contributed by atoms with Crippen LogP contribution in [0.25, 0.3) is 0 Å². The number of rotatable bonds is 4. The topological polar surface area (TPSA) is 59.6 Å². The molecular weight excluding hydrogens is 333 g/mol. The Morgan fingerprint density at radius 2 is 1.78 bits per heavy atom. The summed E-state index contributed by atoms with van der Waals surface area (Å²) in [5.74, 6) is 1.26. The van der Waals surface area contributed by atoms with Crippen LogP contribution in [0.5, 0.6) is 5.75 Å². The molecule has 4 nitrogen and oxygen atoms in total. The first-order valence-corrected chi connectivity index (χ1v) is 8.07. The standard InChI is InChI=1S/C17H17Cl2N3O/c1-10-17(20)22-15-7-12(3-5-16(15)23-10)9-21-8-11-2-4-13(18)14(19)6-11/h2-7,10,21H,8-9H2,1H3,(H2,20,22). The third-order valence-electron chi connectivity index (χ3n) is 3.64. The van der Waals surface area contributed by atoms with Crippen molar-refractivity contribution in [3.05, 3.63) is 57.6 Å². The van der Waals surface area contributed by atoms with Crippen LogP contribution in [0.15, 0.2) is 41.4 Å². The lowest BCUT2D eigenvalue weighted by Gasteiger charge is -2.21. The molecule has 3 N–H and O–H groups in total. The minimum absolute atomic E-state index is 0.180. The monoisotopic (exact) mass is 349 g/mol. The Balaban J connectivity index is 1.64. The largest absolute Gasteiger partial charge is 0.481 e. The fraction of sp³-hybridized carbons (Fsp3) is 0.235.